The molecule has 0 unspecified atom stereocenters. The minimum atomic E-state index is -0.526. The Labute approximate surface area is 249 Å². The summed E-state index contributed by atoms with van der Waals surface area (Å²) in [6.07, 6.45) is 4.38. The minimum absolute atomic E-state index is 0.0313. The van der Waals surface area contributed by atoms with E-state index in [1.54, 1.807) is 0 Å². The summed E-state index contributed by atoms with van der Waals surface area (Å²) in [4.78, 5) is 45.6. The normalized spacial score (nSPS) is 13.4. The molecule has 230 valence electrons. The van der Waals surface area contributed by atoms with E-state index in [4.69, 9.17) is 15.2 Å². The first-order valence-electron chi connectivity index (χ1n) is 14.4. The van der Waals surface area contributed by atoms with Crippen LogP contribution in [-0.2, 0) is 25.7 Å². The van der Waals surface area contributed by atoms with Crippen molar-refractivity contribution in [2.45, 2.75) is 92.8 Å². The van der Waals surface area contributed by atoms with Gasteiger partial charge in [0.15, 0.2) is 0 Å². The lowest BCUT2D eigenvalue weighted by Crippen LogP contribution is -2.36. The molecule has 41 heavy (non-hydrogen) atoms. The van der Waals surface area contributed by atoms with Crippen molar-refractivity contribution in [2.24, 2.45) is 16.1 Å². The van der Waals surface area contributed by atoms with Gasteiger partial charge in [0.25, 0.3) is 0 Å². The van der Waals surface area contributed by atoms with Crippen LogP contribution < -0.4 is 16.4 Å². The second-order valence-electron chi connectivity index (χ2n) is 12.5. The lowest BCUT2D eigenvalue weighted by Gasteiger charge is -2.24. The second-order valence-corrected chi connectivity index (χ2v) is 13.6. The Morgan fingerprint density at radius 1 is 1.07 bits per heavy atom. The molecule has 1 aromatic heterocycles. The quantitative estimate of drug-likeness (QED) is 0.257. The number of fused-ring (bicyclic) bond motifs is 1. The molecule has 0 atom stereocenters. The van der Waals surface area contributed by atoms with Crippen LogP contribution in [0.5, 0.6) is 0 Å². The lowest BCUT2D eigenvalue weighted by molar-refractivity contribution is -0.127. The molecule has 0 fully saturated rings. The molecule has 2 rings (SSSR count). The zero-order valence-corrected chi connectivity index (χ0v) is 26.7. The third-order valence-electron chi connectivity index (χ3n) is 5.78. The molecule has 0 aromatic carbocycles. The van der Waals surface area contributed by atoms with Crippen molar-refractivity contribution in [3.8, 4) is 0 Å². The van der Waals surface area contributed by atoms with E-state index in [1.165, 1.54) is 11.3 Å². The fourth-order valence-corrected chi connectivity index (χ4v) is 5.13. The number of aliphatic imine (C=N–C) groups is 1. The van der Waals surface area contributed by atoms with Crippen molar-refractivity contribution in [1.82, 2.24) is 15.5 Å². The average molecular weight is 592 g/mol. The highest BCUT2D eigenvalue weighted by molar-refractivity contribution is 7.13. The van der Waals surface area contributed by atoms with Crippen LogP contribution >= 0.6 is 11.3 Å². The molecular weight excluding hydrogens is 542 g/mol. The van der Waals surface area contributed by atoms with Gasteiger partial charge in [0.1, 0.15) is 11.4 Å². The molecule has 0 radical (unpaired) electrons. The van der Waals surface area contributed by atoms with Crippen LogP contribution in [0.15, 0.2) is 16.6 Å². The van der Waals surface area contributed by atoms with E-state index in [0.29, 0.717) is 76.5 Å². The van der Waals surface area contributed by atoms with Crippen molar-refractivity contribution in [3.63, 3.8) is 0 Å². The van der Waals surface area contributed by atoms with Crippen molar-refractivity contribution in [3.05, 3.63) is 21.4 Å². The molecule has 3 amide bonds. The molecule has 11 heteroatoms. The van der Waals surface area contributed by atoms with Crippen LogP contribution in [0.2, 0.25) is 0 Å². The summed E-state index contributed by atoms with van der Waals surface area (Å²) in [5.41, 5.74) is 6.97. The fraction of sp³-hybridized carbons (Fsp3) is 0.667. The Morgan fingerprint density at radius 3 is 2.44 bits per heavy atom. The molecule has 10 nitrogen and oxygen atoms in total. The van der Waals surface area contributed by atoms with Crippen LogP contribution in [0.4, 0.5) is 10.5 Å². The molecule has 2 heterocycles. The zero-order valence-electron chi connectivity index (χ0n) is 25.9. The Hall–Kier alpha value is -2.92. The van der Waals surface area contributed by atoms with Crippen LogP contribution in [0.3, 0.4) is 0 Å². The highest BCUT2D eigenvalue weighted by Crippen LogP contribution is 2.35. The van der Waals surface area contributed by atoms with Crippen molar-refractivity contribution in [1.29, 1.82) is 0 Å². The molecule has 0 saturated carbocycles. The Morgan fingerprint density at radius 2 is 1.78 bits per heavy atom. The van der Waals surface area contributed by atoms with Gasteiger partial charge in [-0.3, -0.25) is 9.59 Å². The van der Waals surface area contributed by atoms with Crippen molar-refractivity contribution in [2.75, 3.05) is 32.8 Å². The third-order valence-corrected chi connectivity index (χ3v) is 6.83. The number of amides is 3. The van der Waals surface area contributed by atoms with Gasteiger partial charge in [-0.1, -0.05) is 27.7 Å². The summed E-state index contributed by atoms with van der Waals surface area (Å²) in [5, 5.41) is 5.68. The predicted molar refractivity (Wildman–Crippen MR) is 165 cm³/mol. The smallest absolute Gasteiger partial charge is 0.407 e. The number of nitrogens with one attached hydrogen (secondary N) is 2. The van der Waals surface area contributed by atoms with E-state index in [-0.39, 0.29) is 17.2 Å². The molecule has 0 aliphatic carbocycles. The van der Waals surface area contributed by atoms with Gasteiger partial charge in [0, 0.05) is 56.1 Å². The maximum atomic E-state index is 13.5. The zero-order chi connectivity index (χ0) is 30.6. The molecule has 0 bridgehead atoms. The van der Waals surface area contributed by atoms with Gasteiger partial charge < -0.3 is 30.7 Å². The summed E-state index contributed by atoms with van der Waals surface area (Å²) in [5.74, 6) is 0.374. The number of hydrogen-bond acceptors (Lipinski definition) is 8. The average Bonchev–Trinajstić information content (AvgIpc) is 3.13. The van der Waals surface area contributed by atoms with Gasteiger partial charge in [-0.15, -0.1) is 11.3 Å². The molecule has 4 N–H and O–H groups in total. The Bertz CT molecular complexity index is 1100. The molecule has 1 aromatic rings. The first-order chi connectivity index (χ1) is 19.2. The molecular formula is C30H49N5O5S. The van der Waals surface area contributed by atoms with Gasteiger partial charge in [0.05, 0.1) is 17.2 Å². The Kier molecular flexibility index (Phi) is 13.3. The number of carbonyl (C=O) groups excluding carboxylic acids is 3. The number of thiophene rings is 1. The maximum Gasteiger partial charge on any atom is 0.407 e. The van der Waals surface area contributed by atoms with E-state index in [2.05, 4.69) is 15.6 Å². The first-order valence-corrected chi connectivity index (χ1v) is 15.3. The van der Waals surface area contributed by atoms with E-state index in [1.807, 2.05) is 65.5 Å². The second kappa shape index (κ2) is 15.9. The number of carbonyl (C=O) groups is 3. The lowest BCUT2D eigenvalue weighted by atomic mass is 9.92. The van der Waals surface area contributed by atoms with Gasteiger partial charge in [-0.25, -0.2) is 9.79 Å². The minimum Gasteiger partial charge on any atom is -0.444 e. The number of alkyl carbamates (subject to hydrolysis) is 1. The van der Waals surface area contributed by atoms with Crippen LogP contribution in [0.1, 0.15) is 90.3 Å². The van der Waals surface area contributed by atoms with E-state index in [9.17, 15) is 14.4 Å². The van der Waals surface area contributed by atoms with Crippen LogP contribution in [0, 0.1) is 5.41 Å². The molecule has 0 spiro atoms. The summed E-state index contributed by atoms with van der Waals surface area (Å²) in [7, 11) is 0. The topological polar surface area (TPSA) is 135 Å². The largest absolute Gasteiger partial charge is 0.444 e. The number of nitrogens with zero attached hydrogens (tertiary/aromatic N) is 2. The van der Waals surface area contributed by atoms with E-state index < -0.39 is 11.7 Å². The predicted octanol–water partition coefficient (Wildman–Crippen LogP) is 5.14. The SMILES string of the molecule is CCCN(CCCNC(=O)CC(C)(C)C)C(=O)C1=Cc2sc(COCCCNC(=O)OC(C)(C)C)cc2N=C(N)C1. The number of rotatable bonds is 14. The highest BCUT2D eigenvalue weighted by Gasteiger charge is 2.23. The molecule has 0 saturated heterocycles. The third kappa shape index (κ3) is 13.5. The van der Waals surface area contributed by atoms with Gasteiger partial charge >= 0.3 is 6.09 Å². The first kappa shape index (κ1) is 34.3. The van der Waals surface area contributed by atoms with Crippen molar-refractivity contribution < 1.29 is 23.9 Å². The standard InChI is InChI=1S/C30H49N5O5S/c1-8-13-35(14-9-11-32-26(36)19-29(2,3)4)27(37)21-16-24-23(34-25(31)17-21)18-22(41-24)20-39-15-10-12-33-28(38)40-30(5,6)7/h16,18H,8-15,17,19-20H2,1-7H3,(H2,31,34)(H,32,36)(H,33,38). The van der Waals surface area contributed by atoms with Gasteiger partial charge in [-0.05, 0) is 57.6 Å². The van der Waals surface area contributed by atoms with Gasteiger partial charge in [0.2, 0.25) is 11.8 Å². The summed E-state index contributed by atoms with van der Waals surface area (Å²) >= 11 is 1.53. The number of nitrogens with two attached hydrogens (primary N) is 1. The monoisotopic (exact) mass is 591 g/mol. The summed E-state index contributed by atoms with van der Waals surface area (Å²) in [6.45, 7) is 16.7. The van der Waals surface area contributed by atoms with Crippen molar-refractivity contribution >= 4 is 46.8 Å². The van der Waals surface area contributed by atoms with E-state index in [0.717, 1.165) is 21.9 Å². The van der Waals surface area contributed by atoms with Gasteiger partial charge in [-0.2, -0.15) is 0 Å². The summed E-state index contributed by atoms with van der Waals surface area (Å²) in [6, 6.07) is 1.94. The highest BCUT2D eigenvalue weighted by atomic mass is 32.1. The fourth-order valence-electron chi connectivity index (χ4n) is 4.13. The Balaban J connectivity index is 1.91. The van der Waals surface area contributed by atoms with Crippen LogP contribution in [-0.4, -0.2) is 67.0 Å². The number of amidine groups is 1. The number of hydrogen-bond donors (Lipinski definition) is 3. The molecule has 1 aliphatic rings. The molecule has 1 aliphatic heterocycles. The van der Waals surface area contributed by atoms with Crippen LogP contribution in [0.25, 0.3) is 6.08 Å². The maximum absolute atomic E-state index is 13.5. The number of ether oxygens (including phenoxy) is 2. The van der Waals surface area contributed by atoms with E-state index >= 15 is 0 Å². The summed E-state index contributed by atoms with van der Waals surface area (Å²) < 4.78 is 11.0.